The van der Waals surface area contributed by atoms with E-state index >= 15 is 0 Å². The first kappa shape index (κ1) is 13.8. The number of nitro groups is 1. The summed E-state index contributed by atoms with van der Waals surface area (Å²) in [6, 6.07) is 0.992. The highest BCUT2D eigenvalue weighted by Crippen LogP contribution is 2.11. The maximum Gasteiger partial charge on any atom is 0.339 e. The van der Waals surface area contributed by atoms with E-state index in [-0.39, 0.29) is 6.54 Å². The van der Waals surface area contributed by atoms with E-state index in [1.807, 2.05) is 0 Å². The molecule has 1 N–H and O–H groups in total. The van der Waals surface area contributed by atoms with Crippen LogP contribution in [0.1, 0.15) is 6.92 Å². The molecule has 0 saturated carbocycles. The number of esters is 1. The van der Waals surface area contributed by atoms with Crippen LogP contribution in [0, 0.1) is 10.1 Å². The van der Waals surface area contributed by atoms with Gasteiger partial charge < -0.3 is 14.4 Å². The van der Waals surface area contributed by atoms with Gasteiger partial charge in [-0.1, -0.05) is 0 Å². The summed E-state index contributed by atoms with van der Waals surface area (Å²) in [5.41, 5.74) is -3.20. The highest BCUT2D eigenvalue weighted by molar-refractivity contribution is 5.78. The summed E-state index contributed by atoms with van der Waals surface area (Å²) in [4.78, 5) is 32.1. The van der Waals surface area contributed by atoms with Crippen LogP contribution in [0.4, 0.5) is 5.69 Å². The van der Waals surface area contributed by atoms with E-state index in [9.17, 15) is 24.8 Å². The first-order valence-corrected chi connectivity index (χ1v) is 4.93. The van der Waals surface area contributed by atoms with E-state index < -0.39 is 27.6 Å². The molecule has 0 amide bonds. The number of carbonyl (C=O) groups excluding carboxylic acids is 1. The fraction of sp³-hybridized carbons (Fsp3) is 0.400. The number of aromatic nitrogens is 1. The predicted octanol–water partition coefficient (Wildman–Crippen LogP) is -0.320. The number of carbonyl (C=O) groups is 1. The number of rotatable bonds is 4. The second-order valence-electron chi connectivity index (χ2n) is 3.89. The van der Waals surface area contributed by atoms with E-state index in [1.54, 1.807) is 0 Å². The molecule has 0 fully saturated rings. The van der Waals surface area contributed by atoms with Crippen molar-refractivity contribution in [3.8, 4) is 0 Å². The Morgan fingerprint density at radius 1 is 1.67 bits per heavy atom. The Kier molecular flexibility index (Phi) is 3.82. The van der Waals surface area contributed by atoms with Crippen molar-refractivity contribution in [2.45, 2.75) is 19.1 Å². The second kappa shape index (κ2) is 4.96. The number of ether oxygens (including phenoxy) is 1. The lowest BCUT2D eigenvalue weighted by atomic mass is 10.1. The van der Waals surface area contributed by atoms with Crippen LogP contribution in [0.15, 0.2) is 23.3 Å². The Hall–Kier alpha value is -2.22. The maximum absolute atomic E-state index is 11.2. The molecule has 0 bridgehead atoms. The van der Waals surface area contributed by atoms with Gasteiger partial charge in [0.1, 0.15) is 0 Å². The predicted molar refractivity (Wildman–Crippen MR) is 60.0 cm³/mol. The molecule has 18 heavy (non-hydrogen) atoms. The zero-order valence-electron chi connectivity index (χ0n) is 9.82. The smallest absolute Gasteiger partial charge is 0.339 e. The Morgan fingerprint density at radius 2 is 2.28 bits per heavy atom. The van der Waals surface area contributed by atoms with Crippen molar-refractivity contribution in [2.24, 2.45) is 0 Å². The number of aliphatic hydroxyl groups is 1. The standard InChI is InChI=1S/C10H12N2O6/c1-10(15,9(14)18-2)6-11-4-3-8(13)7(5-11)12(16)17/h3-5,15H,6H2,1-2H3. The van der Waals surface area contributed by atoms with Gasteiger partial charge in [-0.05, 0) is 6.92 Å². The van der Waals surface area contributed by atoms with Gasteiger partial charge in [-0.25, -0.2) is 4.79 Å². The molecule has 1 aromatic rings. The Bertz CT molecular complexity index is 533. The van der Waals surface area contributed by atoms with E-state index in [0.29, 0.717) is 0 Å². The van der Waals surface area contributed by atoms with Gasteiger partial charge in [0.05, 0.1) is 24.8 Å². The first-order valence-electron chi connectivity index (χ1n) is 4.93. The normalized spacial score (nSPS) is 13.7. The number of methoxy groups -OCH3 is 1. The molecule has 1 rings (SSSR count). The molecule has 8 nitrogen and oxygen atoms in total. The number of hydrogen-bond donors (Lipinski definition) is 1. The lowest BCUT2D eigenvalue weighted by Gasteiger charge is -2.21. The maximum atomic E-state index is 11.2. The molecule has 98 valence electrons. The van der Waals surface area contributed by atoms with Crippen LogP contribution in [0.5, 0.6) is 0 Å². The topological polar surface area (TPSA) is 112 Å². The van der Waals surface area contributed by atoms with Crippen molar-refractivity contribution >= 4 is 11.7 Å². The average Bonchev–Trinajstić information content (AvgIpc) is 2.29. The number of nitrogens with zero attached hydrogens (tertiary/aromatic N) is 2. The lowest BCUT2D eigenvalue weighted by molar-refractivity contribution is -0.386. The molecule has 0 aliphatic rings. The van der Waals surface area contributed by atoms with Crippen LogP contribution < -0.4 is 5.43 Å². The molecule has 0 saturated heterocycles. The molecular weight excluding hydrogens is 244 g/mol. The summed E-state index contributed by atoms with van der Waals surface area (Å²) in [6.45, 7) is 0.948. The Morgan fingerprint density at radius 3 is 2.78 bits per heavy atom. The summed E-state index contributed by atoms with van der Waals surface area (Å²) >= 11 is 0. The molecular formula is C10H12N2O6. The van der Waals surface area contributed by atoms with Gasteiger partial charge in [-0.15, -0.1) is 0 Å². The molecule has 0 aromatic carbocycles. The SMILES string of the molecule is COC(=O)C(C)(O)Cn1ccc(=O)c([N+](=O)[O-])c1. The average molecular weight is 256 g/mol. The van der Waals surface area contributed by atoms with E-state index in [0.717, 1.165) is 19.4 Å². The van der Waals surface area contributed by atoms with Gasteiger partial charge in [-0.3, -0.25) is 14.9 Å². The van der Waals surface area contributed by atoms with Gasteiger partial charge in [-0.2, -0.15) is 0 Å². The Labute approximate surface area is 102 Å². The largest absolute Gasteiger partial charge is 0.467 e. The van der Waals surface area contributed by atoms with Crippen molar-refractivity contribution in [1.29, 1.82) is 0 Å². The minimum atomic E-state index is -1.84. The fourth-order valence-corrected chi connectivity index (χ4v) is 1.39. The molecule has 1 atom stereocenters. The van der Waals surface area contributed by atoms with Crippen LogP contribution in [-0.4, -0.2) is 33.3 Å². The van der Waals surface area contributed by atoms with Crippen molar-refractivity contribution in [1.82, 2.24) is 4.57 Å². The quantitative estimate of drug-likeness (QED) is 0.449. The van der Waals surface area contributed by atoms with E-state index in [1.165, 1.54) is 17.7 Å². The van der Waals surface area contributed by atoms with Crippen LogP contribution in [-0.2, 0) is 16.1 Å². The highest BCUT2D eigenvalue weighted by Gasteiger charge is 2.32. The zero-order chi connectivity index (χ0) is 13.9. The molecule has 0 spiro atoms. The Balaban J connectivity index is 3.06. The highest BCUT2D eigenvalue weighted by atomic mass is 16.6. The van der Waals surface area contributed by atoms with Gasteiger partial charge in [0.2, 0.25) is 0 Å². The minimum absolute atomic E-state index is 0.263. The third-order valence-corrected chi connectivity index (χ3v) is 2.27. The molecule has 1 heterocycles. The third-order valence-electron chi connectivity index (χ3n) is 2.27. The van der Waals surface area contributed by atoms with Gasteiger partial charge in [0, 0.05) is 12.3 Å². The van der Waals surface area contributed by atoms with Gasteiger partial charge in [0.15, 0.2) is 5.60 Å². The molecule has 0 radical (unpaired) electrons. The van der Waals surface area contributed by atoms with E-state index in [4.69, 9.17) is 0 Å². The van der Waals surface area contributed by atoms with Crippen molar-refractivity contribution < 1.29 is 19.6 Å². The summed E-state index contributed by atoms with van der Waals surface area (Å²) < 4.78 is 5.57. The molecule has 1 unspecified atom stereocenters. The lowest BCUT2D eigenvalue weighted by Crippen LogP contribution is -2.40. The van der Waals surface area contributed by atoms with Gasteiger partial charge in [0.25, 0.3) is 5.43 Å². The van der Waals surface area contributed by atoms with E-state index in [2.05, 4.69) is 4.74 Å². The minimum Gasteiger partial charge on any atom is -0.467 e. The van der Waals surface area contributed by atoms with Crippen LogP contribution >= 0.6 is 0 Å². The van der Waals surface area contributed by atoms with Crippen molar-refractivity contribution in [2.75, 3.05) is 7.11 Å². The number of hydrogen-bond acceptors (Lipinski definition) is 6. The molecule has 0 aliphatic carbocycles. The first-order chi connectivity index (χ1) is 8.27. The summed E-state index contributed by atoms with van der Waals surface area (Å²) in [7, 11) is 1.12. The number of pyridine rings is 1. The second-order valence-corrected chi connectivity index (χ2v) is 3.89. The summed E-state index contributed by atoms with van der Waals surface area (Å²) in [5, 5.41) is 20.4. The van der Waals surface area contributed by atoms with Crippen LogP contribution in [0.25, 0.3) is 0 Å². The zero-order valence-corrected chi connectivity index (χ0v) is 9.82. The fourth-order valence-electron chi connectivity index (χ4n) is 1.39. The van der Waals surface area contributed by atoms with Crippen molar-refractivity contribution in [3.05, 3.63) is 38.8 Å². The van der Waals surface area contributed by atoms with Crippen LogP contribution in [0.3, 0.4) is 0 Å². The van der Waals surface area contributed by atoms with Gasteiger partial charge >= 0.3 is 11.7 Å². The summed E-state index contributed by atoms with van der Waals surface area (Å²) in [5.74, 6) is -0.871. The van der Waals surface area contributed by atoms with Crippen molar-refractivity contribution in [3.63, 3.8) is 0 Å². The molecule has 8 heteroatoms. The van der Waals surface area contributed by atoms with Crippen LogP contribution in [0.2, 0.25) is 0 Å². The molecule has 1 aromatic heterocycles. The molecule has 0 aliphatic heterocycles. The summed E-state index contributed by atoms with van der Waals surface area (Å²) in [6.07, 6.45) is 2.20. The third kappa shape index (κ3) is 2.92. The monoisotopic (exact) mass is 256 g/mol.